The van der Waals surface area contributed by atoms with E-state index in [4.69, 9.17) is 9.26 Å². The van der Waals surface area contributed by atoms with Gasteiger partial charge in [-0.3, -0.25) is 0 Å². The summed E-state index contributed by atoms with van der Waals surface area (Å²) in [6, 6.07) is 16.0. The van der Waals surface area contributed by atoms with Gasteiger partial charge in [-0.05, 0) is 31.2 Å². The molecule has 1 aromatic heterocycles. The zero-order chi connectivity index (χ0) is 18.9. The maximum absolute atomic E-state index is 12.7. The first-order valence-electron chi connectivity index (χ1n) is 8.70. The third kappa shape index (κ3) is 3.45. The first kappa shape index (κ1) is 17.7. The lowest BCUT2D eigenvalue weighted by atomic mass is 10.0. The van der Waals surface area contributed by atoms with E-state index in [1.807, 2.05) is 37.3 Å². The molecule has 0 saturated carbocycles. The van der Waals surface area contributed by atoms with Gasteiger partial charge in [-0.15, -0.1) is 0 Å². The van der Waals surface area contributed by atoms with Gasteiger partial charge in [0.05, 0.1) is 17.4 Å². The Morgan fingerprint density at radius 3 is 2.48 bits per heavy atom. The number of ether oxygens (including phenoxy) is 1. The summed E-state index contributed by atoms with van der Waals surface area (Å²) in [6.07, 6.45) is 0. The number of sulfonamides is 1. The van der Waals surface area contributed by atoms with Gasteiger partial charge in [0.2, 0.25) is 21.7 Å². The molecule has 1 saturated heterocycles. The minimum atomic E-state index is -3.53. The summed E-state index contributed by atoms with van der Waals surface area (Å²) in [5.41, 5.74) is 0.866. The van der Waals surface area contributed by atoms with Crippen molar-refractivity contribution in [3.05, 3.63) is 60.5 Å². The van der Waals surface area contributed by atoms with Crippen molar-refractivity contribution in [2.75, 3.05) is 19.7 Å². The molecule has 2 heterocycles. The van der Waals surface area contributed by atoms with E-state index in [-0.39, 0.29) is 10.8 Å². The molecule has 0 aliphatic carbocycles. The van der Waals surface area contributed by atoms with E-state index in [9.17, 15) is 8.42 Å². The summed E-state index contributed by atoms with van der Waals surface area (Å²) in [5.74, 6) is 1.54. The van der Waals surface area contributed by atoms with Gasteiger partial charge in [-0.1, -0.05) is 35.5 Å². The first-order chi connectivity index (χ1) is 13.1. The van der Waals surface area contributed by atoms with Crippen LogP contribution in [0.1, 0.15) is 18.7 Å². The summed E-state index contributed by atoms with van der Waals surface area (Å²) in [5, 5.41) is 3.99. The van der Waals surface area contributed by atoms with Crippen LogP contribution in [0.4, 0.5) is 0 Å². The minimum Gasteiger partial charge on any atom is -0.494 e. The van der Waals surface area contributed by atoms with Crippen LogP contribution in [0.25, 0.3) is 11.4 Å². The molecule has 140 valence electrons. The third-order valence-electron chi connectivity index (χ3n) is 4.44. The van der Waals surface area contributed by atoms with Gasteiger partial charge in [-0.25, -0.2) is 8.42 Å². The Hall–Kier alpha value is -2.71. The van der Waals surface area contributed by atoms with Crippen LogP contribution in [0.15, 0.2) is 64.0 Å². The van der Waals surface area contributed by atoms with Crippen LogP contribution in [-0.2, 0) is 10.0 Å². The van der Waals surface area contributed by atoms with Crippen molar-refractivity contribution in [3.63, 3.8) is 0 Å². The van der Waals surface area contributed by atoms with Gasteiger partial charge in [0.15, 0.2) is 0 Å². The topological polar surface area (TPSA) is 85.5 Å². The number of hydrogen-bond donors (Lipinski definition) is 0. The number of benzene rings is 2. The van der Waals surface area contributed by atoms with E-state index in [1.54, 1.807) is 24.3 Å². The van der Waals surface area contributed by atoms with Crippen LogP contribution in [0, 0.1) is 0 Å². The van der Waals surface area contributed by atoms with E-state index in [0.29, 0.717) is 37.2 Å². The van der Waals surface area contributed by atoms with Crippen LogP contribution in [0.2, 0.25) is 0 Å². The number of nitrogens with zero attached hydrogens (tertiary/aromatic N) is 3. The smallest absolute Gasteiger partial charge is 0.243 e. The molecule has 0 bridgehead atoms. The number of hydrogen-bond acceptors (Lipinski definition) is 6. The van der Waals surface area contributed by atoms with Crippen molar-refractivity contribution in [2.45, 2.75) is 17.7 Å². The molecule has 0 N–H and O–H groups in total. The van der Waals surface area contributed by atoms with E-state index < -0.39 is 10.0 Å². The second kappa shape index (κ2) is 7.13. The molecule has 0 spiro atoms. The molecule has 0 radical (unpaired) electrons. The molecule has 1 aliphatic heterocycles. The van der Waals surface area contributed by atoms with E-state index >= 15 is 0 Å². The Bertz CT molecular complexity index is 1010. The average molecular weight is 385 g/mol. The SMILES string of the molecule is CCOc1ccc(S(=O)(=O)N2CC(c3nc(-c4ccccc4)no3)C2)cc1. The van der Waals surface area contributed by atoms with Gasteiger partial charge in [0.1, 0.15) is 5.75 Å². The summed E-state index contributed by atoms with van der Waals surface area (Å²) < 4.78 is 37.5. The molecular formula is C19H19N3O4S. The summed E-state index contributed by atoms with van der Waals surface area (Å²) >= 11 is 0. The molecule has 0 amide bonds. The fourth-order valence-corrected chi connectivity index (χ4v) is 4.45. The quantitative estimate of drug-likeness (QED) is 0.649. The van der Waals surface area contributed by atoms with Crippen LogP contribution in [0.5, 0.6) is 5.75 Å². The predicted molar refractivity (Wildman–Crippen MR) is 98.8 cm³/mol. The van der Waals surface area contributed by atoms with Crippen molar-refractivity contribution in [1.29, 1.82) is 0 Å². The van der Waals surface area contributed by atoms with Crippen molar-refractivity contribution < 1.29 is 17.7 Å². The highest BCUT2D eigenvalue weighted by atomic mass is 32.2. The lowest BCUT2D eigenvalue weighted by Gasteiger charge is -2.35. The molecule has 3 aromatic rings. The third-order valence-corrected chi connectivity index (χ3v) is 6.29. The molecule has 2 aromatic carbocycles. The van der Waals surface area contributed by atoms with Crippen molar-refractivity contribution in [1.82, 2.24) is 14.4 Å². The van der Waals surface area contributed by atoms with Crippen molar-refractivity contribution in [3.8, 4) is 17.1 Å². The maximum Gasteiger partial charge on any atom is 0.243 e. The number of rotatable bonds is 6. The number of aromatic nitrogens is 2. The molecular weight excluding hydrogens is 366 g/mol. The Balaban J connectivity index is 1.43. The Kier molecular flexibility index (Phi) is 4.67. The molecule has 1 fully saturated rings. The summed E-state index contributed by atoms with van der Waals surface area (Å²) in [4.78, 5) is 4.66. The van der Waals surface area contributed by atoms with E-state index in [2.05, 4.69) is 10.1 Å². The summed E-state index contributed by atoms with van der Waals surface area (Å²) in [7, 11) is -3.53. The van der Waals surface area contributed by atoms with Gasteiger partial charge >= 0.3 is 0 Å². The second-order valence-electron chi connectivity index (χ2n) is 6.25. The van der Waals surface area contributed by atoms with Crippen LogP contribution in [-0.4, -0.2) is 42.6 Å². The van der Waals surface area contributed by atoms with Gasteiger partial charge in [0, 0.05) is 18.7 Å². The Labute approximate surface area is 157 Å². The lowest BCUT2D eigenvalue weighted by Crippen LogP contribution is -2.48. The largest absolute Gasteiger partial charge is 0.494 e. The standard InChI is InChI=1S/C19H19N3O4S/c1-2-25-16-8-10-17(11-9-16)27(23,24)22-12-15(13-22)19-20-18(21-26-19)14-6-4-3-5-7-14/h3-11,15H,2,12-13H2,1H3. The molecule has 0 unspecified atom stereocenters. The predicted octanol–water partition coefficient (Wildman–Crippen LogP) is 2.92. The molecule has 1 aliphatic rings. The summed E-state index contributed by atoms with van der Waals surface area (Å²) in [6.45, 7) is 3.07. The van der Waals surface area contributed by atoms with Crippen LogP contribution in [0.3, 0.4) is 0 Å². The highest BCUT2D eigenvalue weighted by Gasteiger charge is 2.40. The molecule has 4 rings (SSSR count). The second-order valence-corrected chi connectivity index (χ2v) is 8.18. The normalized spacial score (nSPS) is 15.4. The van der Waals surface area contributed by atoms with Gasteiger partial charge in [-0.2, -0.15) is 9.29 Å². The van der Waals surface area contributed by atoms with Crippen LogP contribution < -0.4 is 4.74 Å². The van der Waals surface area contributed by atoms with Crippen molar-refractivity contribution in [2.24, 2.45) is 0 Å². The van der Waals surface area contributed by atoms with Gasteiger partial charge in [0.25, 0.3) is 0 Å². The highest BCUT2D eigenvalue weighted by Crippen LogP contribution is 2.32. The monoisotopic (exact) mass is 385 g/mol. The molecule has 8 heteroatoms. The zero-order valence-corrected chi connectivity index (χ0v) is 15.6. The molecule has 7 nitrogen and oxygen atoms in total. The minimum absolute atomic E-state index is 0.0903. The fourth-order valence-electron chi connectivity index (χ4n) is 2.92. The van der Waals surface area contributed by atoms with Gasteiger partial charge < -0.3 is 9.26 Å². The Morgan fingerprint density at radius 2 is 1.81 bits per heavy atom. The van der Waals surface area contributed by atoms with Crippen LogP contribution >= 0.6 is 0 Å². The average Bonchev–Trinajstić information content (AvgIpc) is 3.11. The van der Waals surface area contributed by atoms with E-state index in [1.165, 1.54) is 4.31 Å². The lowest BCUT2D eigenvalue weighted by molar-refractivity contribution is 0.217. The molecule has 0 atom stereocenters. The van der Waals surface area contributed by atoms with E-state index in [0.717, 1.165) is 5.56 Å². The fraction of sp³-hybridized carbons (Fsp3) is 0.263. The molecule has 27 heavy (non-hydrogen) atoms. The first-order valence-corrected chi connectivity index (χ1v) is 10.1. The van der Waals surface area contributed by atoms with Crippen molar-refractivity contribution >= 4 is 10.0 Å². The zero-order valence-electron chi connectivity index (χ0n) is 14.8. The maximum atomic E-state index is 12.7. The Morgan fingerprint density at radius 1 is 1.11 bits per heavy atom. The highest BCUT2D eigenvalue weighted by molar-refractivity contribution is 7.89.